The summed E-state index contributed by atoms with van der Waals surface area (Å²) >= 11 is 0. The highest BCUT2D eigenvalue weighted by molar-refractivity contribution is 6.11. The lowest BCUT2D eigenvalue weighted by Gasteiger charge is -2.39. The number of carboxylic acid groups (broad SMARTS) is 1. The van der Waals surface area contributed by atoms with Crippen molar-refractivity contribution in [3.63, 3.8) is 0 Å². The highest BCUT2D eigenvalue weighted by Gasteiger charge is 2.45. The smallest absolute Gasteiger partial charge is 0.371 e. The molecule has 1 aliphatic heterocycles. The maximum Gasteiger partial charge on any atom is 0.371 e. The molecule has 2 aromatic heterocycles. The molecule has 0 bridgehead atoms. The van der Waals surface area contributed by atoms with Gasteiger partial charge in [-0.1, -0.05) is 0 Å². The van der Waals surface area contributed by atoms with Crippen molar-refractivity contribution in [3.8, 4) is 28.6 Å². The van der Waals surface area contributed by atoms with Gasteiger partial charge < -0.3 is 54.1 Å². The first kappa shape index (κ1) is 27.2. The Morgan fingerprint density at radius 2 is 1.61 bits per heavy atom. The van der Waals surface area contributed by atoms with E-state index in [2.05, 4.69) is 0 Å². The molecule has 38 heavy (non-hydrogen) atoms. The molecule has 0 spiro atoms. The van der Waals surface area contributed by atoms with Gasteiger partial charge in [-0.2, -0.15) is 0 Å². The summed E-state index contributed by atoms with van der Waals surface area (Å²) in [6, 6.07) is 6.82. The van der Waals surface area contributed by atoms with E-state index in [0.717, 1.165) is 30.3 Å². The molecule has 0 saturated carbocycles. The molecule has 1 saturated heterocycles. The lowest BCUT2D eigenvalue weighted by atomic mass is 9.99. The minimum Gasteiger partial charge on any atom is -0.504 e. The van der Waals surface area contributed by atoms with Gasteiger partial charge in [0.15, 0.2) is 28.4 Å². The van der Waals surface area contributed by atoms with Crippen molar-refractivity contribution in [3.05, 3.63) is 52.4 Å². The normalized spacial score (nSPS) is 23.3. The Balaban J connectivity index is 0.00000336. The summed E-state index contributed by atoms with van der Waals surface area (Å²) in [7, 11) is 0. The number of aliphatic hydroxyl groups is 4. The SMILES string of the molecule is Cl.O=C(O)c1cc2c(O[C@H]3O[C@@H](CO)[C@@H](O)[C@H](O)[C@@H]3O)c(-c3ccc(O)c(O)c3)oc3cc(=O)cc(o1)c32. The second kappa shape index (κ2) is 10.1. The van der Waals surface area contributed by atoms with E-state index in [1.165, 1.54) is 6.07 Å². The molecular weight excluding hydrogens is 532 g/mol. The summed E-state index contributed by atoms with van der Waals surface area (Å²) in [5.74, 6) is -3.49. The summed E-state index contributed by atoms with van der Waals surface area (Å²) in [6.07, 6.45) is -8.28. The number of aromatic carboxylic acids is 1. The molecule has 0 unspecified atom stereocenters. The highest BCUT2D eigenvalue weighted by atomic mass is 35.5. The third-order valence-corrected chi connectivity index (χ3v) is 6.00. The fourth-order valence-corrected chi connectivity index (χ4v) is 4.16. The molecule has 1 aliphatic rings. The van der Waals surface area contributed by atoms with E-state index in [1.807, 2.05) is 0 Å². The fourth-order valence-electron chi connectivity index (χ4n) is 4.16. The van der Waals surface area contributed by atoms with Gasteiger partial charge in [0.05, 0.1) is 12.0 Å². The second-order valence-corrected chi connectivity index (χ2v) is 8.40. The highest BCUT2D eigenvalue weighted by Crippen LogP contribution is 2.44. The average molecular weight is 553 g/mol. The predicted octanol–water partition coefficient (Wildman–Crippen LogP) is 0.916. The van der Waals surface area contributed by atoms with Crippen molar-refractivity contribution in [2.75, 3.05) is 6.61 Å². The quantitative estimate of drug-likeness (QED) is 0.171. The number of carbonyl (C=O) groups is 1. The minimum atomic E-state index is -1.83. The molecule has 13 nitrogen and oxygen atoms in total. The van der Waals surface area contributed by atoms with Crippen LogP contribution < -0.4 is 10.2 Å². The van der Waals surface area contributed by atoms with Crippen LogP contribution in [0.2, 0.25) is 0 Å². The number of rotatable bonds is 5. The molecule has 5 atom stereocenters. The molecule has 202 valence electrons. The van der Waals surface area contributed by atoms with Gasteiger partial charge in [-0.25, -0.2) is 4.79 Å². The van der Waals surface area contributed by atoms with E-state index in [1.54, 1.807) is 0 Å². The van der Waals surface area contributed by atoms with Gasteiger partial charge in [0.25, 0.3) is 0 Å². The van der Waals surface area contributed by atoms with Crippen molar-refractivity contribution in [2.24, 2.45) is 0 Å². The predicted molar refractivity (Wildman–Crippen MR) is 130 cm³/mol. The number of ether oxygens (including phenoxy) is 2. The first-order chi connectivity index (χ1) is 17.6. The maximum atomic E-state index is 12.3. The molecule has 3 heterocycles. The summed E-state index contributed by atoms with van der Waals surface area (Å²) in [4.78, 5) is 24.0. The molecule has 4 aromatic rings. The second-order valence-electron chi connectivity index (χ2n) is 8.40. The molecule has 14 heteroatoms. The van der Waals surface area contributed by atoms with Crippen molar-refractivity contribution in [2.45, 2.75) is 30.7 Å². The lowest BCUT2D eigenvalue weighted by molar-refractivity contribution is -0.277. The number of phenols is 2. The molecule has 0 radical (unpaired) electrons. The zero-order valence-corrected chi connectivity index (χ0v) is 19.9. The fraction of sp³-hybridized carbons (Fsp3) is 0.250. The van der Waals surface area contributed by atoms with Crippen molar-refractivity contribution in [1.29, 1.82) is 0 Å². The standard InChI is InChI=1S/C24H20O13.ClH/c25-7-16-18(29)19(30)20(31)24(36-16)37-22-10-6-15(23(32)33)34-13-4-9(26)5-14(17(10)13)35-21(22)8-1-2-11(27)12(28)3-8;/h1-6,16,18-20,24-25,27-31H,7H2,(H,32,33);1H/t16-,18+,19-,20-,24+;/m0./s1. The minimum absolute atomic E-state index is 0. The number of carboxylic acids is 1. The van der Waals surface area contributed by atoms with Crippen LogP contribution in [0.15, 0.2) is 50.0 Å². The van der Waals surface area contributed by atoms with Crippen molar-refractivity contribution >= 4 is 40.3 Å². The summed E-state index contributed by atoms with van der Waals surface area (Å²) < 4.78 is 22.6. The van der Waals surface area contributed by atoms with Crippen LogP contribution in [0.25, 0.3) is 33.3 Å². The first-order valence-electron chi connectivity index (χ1n) is 10.9. The lowest BCUT2D eigenvalue weighted by Crippen LogP contribution is -2.60. The van der Waals surface area contributed by atoms with Crippen LogP contribution in [0.1, 0.15) is 10.6 Å². The number of hydrogen-bond donors (Lipinski definition) is 7. The van der Waals surface area contributed by atoms with Gasteiger partial charge in [0.2, 0.25) is 12.1 Å². The van der Waals surface area contributed by atoms with E-state index < -0.39 is 66.0 Å². The molecule has 7 N–H and O–H groups in total. The number of benzene rings is 2. The summed E-state index contributed by atoms with van der Waals surface area (Å²) in [5, 5.41) is 69.9. The van der Waals surface area contributed by atoms with Crippen LogP contribution in [0.5, 0.6) is 17.2 Å². The Hall–Kier alpha value is -3.85. The van der Waals surface area contributed by atoms with Crippen LogP contribution >= 0.6 is 12.4 Å². The first-order valence-corrected chi connectivity index (χ1v) is 10.9. The average Bonchev–Trinajstić information content (AvgIpc) is 2.86. The van der Waals surface area contributed by atoms with E-state index in [4.69, 9.17) is 18.3 Å². The molecule has 2 aromatic carbocycles. The van der Waals surface area contributed by atoms with E-state index >= 15 is 0 Å². The van der Waals surface area contributed by atoms with Gasteiger partial charge in [0, 0.05) is 29.1 Å². The Kier molecular flexibility index (Phi) is 7.25. The van der Waals surface area contributed by atoms with E-state index in [9.17, 15) is 45.3 Å². The zero-order valence-electron chi connectivity index (χ0n) is 19.0. The molecule has 0 aliphatic carbocycles. The van der Waals surface area contributed by atoms with Crippen molar-refractivity contribution in [1.82, 2.24) is 0 Å². The summed E-state index contributed by atoms with van der Waals surface area (Å²) in [6.45, 7) is -0.730. The Morgan fingerprint density at radius 3 is 2.24 bits per heavy atom. The molecule has 5 rings (SSSR count). The zero-order chi connectivity index (χ0) is 26.6. The number of aromatic hydroxyl groups is 2. The van der Waals surface area contributed by atoms with Gasteiger partial charge >= 0.3 is 5.97 Å². The van der Waals surface area contributed by atoms with Gasteiger partial charge in [-0.05, 0) is 18.2 Å². The number of phenolic OH excluding ortho intramolecular Hbond substituents is 2. The van der Waals surface area contributed by atoms with Crippen LogP contribution in [0.3, 0.4) is 0 Å². The number of halogens is 1. The van der Waals surface area contributed by atoms with Crippen molar-refractivity contribution < 1.29 is 58.8 Å². The Morgan fingerprint density at radius 1 is 0.921 bits per heavy atom. The van der Waals surface area contributed by atoms with Gasteiger partial charge in [-0.3, -0.25) is 4.79 Å². The third-order valence-electron chi connectivity index (χ3n) is 6.00. The monoisotopic (exact) mass is 552 g/mol. The molecular formula is C24H21ClO13. The van der Waals surface area contributed by atoms with Crippen LogP contribution in [0, 0.1) is 0 Å². The number of hydrogen-bond acceptors (Lipinski definition) is 12. The third kappa shape index (κ3) is 4.51. The Labute approximate surface area is 217 Å². The maximum absolute atomic E-state index is 12.3. The largest absolute Gasteiger partial charge is 0.504 e. The Bertz CT molecular complexity index is 1570. The summed E-state index contributed by atoms with van der Waals surface area (Å²) in [5.41, 5.74) is -0.657. The number of aliphatic hydroxyl groups excluding tert-OH is 4. The molecule has 0 amide bonds. The van der Waals surface area contributed by atoms with Crippen LogP contribution in [0.4, 0.5) is 0 Å². The van der Waals surface area contributed by atoms with Crippen LogP contribution in [-0.2, 0) is 4.74 Å². The van der Waals surface area contributed by atoms with Gasteiger partial charge in [0.1, 0.15) is 35.6 Å². The van der Waals surface area contributed by atoms with E-state index in [-0.39, 0.29) is 51.4 Å². The van der Waals surface area contributed by atoms with E-state index in [0.29, 0.717) is 0 Å². The van der Waals surface area contributed by atoms with Crippen LogP contribution in [-0.4, -0.2) is 79.0 Å². The molecule has 1 fully saturated rings. The topological polar surface area (TPSA) is 220 Å². The van der Waals surface area contributed by atoms with Gasteiger partial charge in [-0.15, -0.1) is 12.4 Å².